The van der Waals surface area contributed by atoms with Crippen molar-refractivity contribution in [3.05, 3.63) is 0 Å². The minimum atomic E-state index is -1.46. The molecule has 15 atom stereocenters. The fraction of sp³-hybridized carbons (Fsp3) is 0.969. The Morgan fingerprint density at radius 2 is 1.61 bits per heavy atom. The molecule has 0 amide bonds. The van der Waals surface area contributed by atoms with Crippen LogP contribution in [0, 0.1) is 63.6 Å². The zero-order valence-corrected chi connectivity index (χ0v) is 25.0. The van der Waals surface area contributed by atoms with Crippen molar-refractivity contribution in [1.29, 1.82) is 0 Å². The van der Waals surface area contributed by atoms with Crippen LogP contribution in [0.4, 0.5) is 0 Å². The van der Waals surface area contributed by atoms with Gasteiger partial charge in [0.25, 0.3) is 0 Å². The molecule has 218 valence electrons. The molecular formula is C32H54O6. The van der Waals surface area contributed by atoms with Gasteiger partial charge in [-0.2, -0.15) is 0 Å². The van der Waals surface area contributed by atoms with Crippen LogP contribution >= 0.6 is 0 Å². The second-order valence-corrected chi connectivity index (χ2v) is 15.6. The molecule has 4 N–H and O–H groups in total. The molecule has 5 aliphatic rings. The van der Waals surface area contributed by atoms with Gasteiger partial charge in [-0.15, -0.1) is 0 Å². The van der Waals surface area contributed by atoms with Crippen LogP contribution in [0.1, 0.15) is 100 Å². The number of aliphatic hydroxyl groups is 4. The summed E-state index contributed by atoms with van der Waals surface area (Å²) in [7, 11) is 0. The lowest BCUT2D eigenvalue weighted by molar-refractivity contribution is -0.302. The van der Waals surface area contributed by atoms with Gasteiger partial charge in [0.05, 0.1) is 23.9 Å². The van der Waals surface area contributed by atoms with E-state index in [0.717, 1.165) is 12.8 Å². The van der Waals surface area contributed by atoms with E-state index in [4.69, 9.17) is 4.74 Å². The third-order valence-electron chi connectivity index (χ3n) is 13.9. The highest BCUT2D eigenvalue weighted by atomic mass is 16.6. The van der Waals surface area contributed by atoms with E-state index in [1.807, 2.05) is 6.92 Å². The molecule has 0 aromatic carbocycles. The number of carbonyl (C=O) groups is 1. The molecule has 0 aromatic rings. The highest BCUT2D eigenvalue weighted by Gasteiger charge is 2.73. The van der Waals surface area contributed by atoms with Gasteiger partial charge in [-0.05, 0) is 91.3 Å². The highest BCUT2D eigenvalue weighted by Crippen LogP contribution is 2.72. The molecule has 0 aromatic heterocycles. The predicted molar refractivity (Wildman–Crippen MR) is 146 cm³/mol. The Morgan fingerprint density at radius 1 is 0.947 bits per heavy atom. The predicted octanol–water partition coefficient (Wildman–Crippen LogP) is 4.56. The molecule has 0 heterocycles. The number of fused-ring (bicyclic) bond motifs is 5. The van der Waals surface area contributed by atoms with Crippen molar-refractivity contribution >= 4 is 5.97 Å². The molecule has 6 heteroatoms. The van der Waals surface area contributed by atoms with Crippen LogP contribution in [-0.2, 0) is 9.53 Å². The molecule has 0 saturated heterocycles. The summed E-state index contributed by atoms with van der Waals surface area (Å²) in [5.41, 5.74) is -2.30. The Bertz CT molecular complexity index is 937. The largest absolute Gasteiger partial charge is 0.459 e. The Hall–Kier alpha value is -0.690. The number of aliphatic hydroxyl groups excluding tert-OH is 3. The van der Waals surface area contributed by atoms with E-state index in [-0.39, 0.29) is 30.1 Å². The summed E-state index contributed by atoms with van der Waals surface area (Å²) in [6.07, 6.45) is 1.69. The SMILES string of the molecule is CC(=O)O[C@H]1[C@@H](O)[C@H]2[C@@H](C[C@@H](O)[C@@]3(O)C[C@@H](O)CC[C@]23C)[C@@H]2CC[C@H]([C@H](C)[C@@H]3C[C@]3(C)[C@H](C)C(C)C)[C@]21C. The Balaban J connectivity index is 1.52. The minimum absolute atomic E-state index is 0.0368. The third-order valence-corrected chi connectivity index (χ3v) is 13.9. The van der Waals surface area contributed by atoms with Gasteiger partial charge < -0.3 is 25.2 Å². The van der Waals surface area contributed by atoms with Crippen LogP contribution in [0.3, 0.4) is 0 Å². The second kappa shape index (κ2) is 9.16. The van der Waals surface area contributed by atoms with Gasteiger partial charge >= 0.3 is 5.97 Å². The topological polar surface area (TPSA) is 107 Å². The Labute approximate surface area is 229 Å². The monoisotopic (exact) mass is 534 g/mol. The molecule has 0 unspecified atom stereocenters. The summed E-state index contributed by atoms with van der Waals surface area (Å²) >= 11 is 0. The van der Waals surface area contributed by atoms with Crippen molar-refractivity contribution < 1.29 is 30.0 Å². The molecule has 5 aliphatic carbocycles. The number of hydrogen-bond acceptors (Lipinski definition) is 6. The fourth-order valence-electron chi connectivity index (χ4n) is 11.3. The second-order valence-electron chi connectivity index (χ2n) is 15.6. The molecule has 6 nitrogen and oxygen atoms in total. The van der Waals surface area contributed by atoms with Crippen LogP contribution in [0.5, 0.6) is 0 Å². The summed E-state index contributed by atoms with van der Waals surface area (Å²) < 4.78 is 6.11. The van der Waals surface area contributed by atoms with Gasteiger partial charge in [0, 0.05) is 24.2 Å². The van der Waals surface area contributed by atoms with Crippen LogP contribution in [0.15, 0.2) is 0 Å². The molecular weight excluding hydrogens is 480 g/mol. The summed E-state index contributed by atoms with van der Waals surface area (Å²) in [6.45, 7) is 17.5. The lowest BCUT2D eigenvalue weighted by Gasteiger charge is -2.67. The van der Waals surface area contributed by atoms with Gasteiger partial charge in [-0.1, -0.05) is 48.5 Å². The smallest absolute Gasteiger partial charge is 0.303 e. The maximum atomic E-state index is 12.5. The van der Waals surface area contributed by atoms with Crippen molar-refractivity contribution in [2.45, 2.75) is 130 Å². The summed E-state index contributed by atoms with van der Waals surface area (Å²) in [4.78, 5) is 12.5. The quantitative estimate of drug-likeness (QED) is 0.385. The van der Waals surface area contributed by atoms with Gasteiger partial charge in [0.15, 0.2) is 0 Å². The average Bonchev–Trinajstić information content (AvgIpc) is 3.39. The first-order valence-electron chi connectivity index (χ1n) is 15.5. The molecule has 5 rings (SSSR count). The van der Waals surface area contributed by atoms with Crippen LogP contribution < -0.4 is 0 Å². The van der Waals surface area contributed by atoms with Gasteiger partial charge in [-0.25, -0.2) is 0 Å². The van der Waals surface area contributed by atoms with Gasteiger partial charge in [0.2, 0.25) is 0 Å². The molecule has 0 bridgehead atoms. The first-order chi connectivity index (χ1) is 17.5. The average molecular weight is 535 g/mol. The normalized spacial score (nSPS) is 55.4. The summed E-state index contributed by atoms with van der Waals surface area (Å²) in [5, 5.41) is 45.9. The molecule has 5 saturated carbocycles. The Morgan fingerprint density at radius 3 is 2.21 bits per heavy atom. The minimum Gasteiger partial charge on any atom is -0.459 e. The number of esters is 1. The van der Waals surface area contributed by atoms with E-state index < -0.39 is 40.8 Å². The lowest BCUT2D eigenvalue weighted by atomic mass is 9.41. The maximum Gasteiger partial charge on any atom is 0.303 e. The number of carbonyl (C=O) groups excluding carboxylic acids is 1. The van der Waals surface area contributed by atoms with Crippen molar-refractivity contribution in [1.82, 2.24) is 0 Å². The van der Waals surface area contributed by atoms with Gasteiger partial charge in [0.1, 0.15) is 6.10 Å². The van der Waals surface area contributed by atoms with Crippen LogP contribution in [-0.4, -0.2) is 56.4 Å². The van der Waals surface area contributed by atoms with Gasteiger partial charge in [-0.3, -0.25) is 4.79 Å². The van der Waals surface area contributed by atoms with E-state index in [2.05, 4.69) is 41.5 Å². The molecule has 5 fully saturated rings. The fourth-order valence-corrected chi connectivity index (χ4v) is 11.3. The molecule has 0 spiro atoms. The van der Waals surface area contributed by atoms with Crippen LogP contribution in [0.25, 0.3) is 0 Å². The molecule has 0 radical (unpaired) electrons. The Kier molecular flexibility index (Phi) is 6.95. The first kappa shape index (κ1) is 28.8. The standard InChI is InChI=1S/C32H54O6/c1-16(2)18(4)29(6)15-24(29)17(3)22-9-10-23-21-13-25(35)32(37)14-20(34)11-12-30(32,7)26(21)27(36)28(31(22,23)8)38-19(5)33/h16-18,20-28,34-37H,9-15H2,1-8H3/t17-,18+,20-,21-,22+,23-,24-,25+,26+,27-,28-,29+,30+,31+,32-/m0/s1. The van der Waals surface area contributed by atoms with E-state index in [9.17, 15) is 25.2 Å². The zero-order valence-electron chi connectivity index (χ0n) is 25.0. The van der Waals surface area contributed by atoms with Crippen molar-refractivity contribution in [3.63, 3.8) is 0 Å². The molecule has 0 aliphatic heterocycles. The maximum absolute atomic E-state index is 12.5. The number of ether oxygens (including phenoxy) is 1. The third kappa shape index (κ3) is 3.75. The summed E-state index contributed by atoms with van der Waals surface area (Å²) in [6, 6.07) is 0. The summed E-state index contributed by atoms with van der Waals surface area (Å²) in [5.74, 6) is 2.22. The van der Waals surface area contributed by atoms with E-state index >= 15 is 0 Å². The zero-order chi connectivity index (χ0) is 28.2. The van der Waals surface area contributed by atoms with E-state index in [0.29, 0.717) is 54.3 Å². The number of rotatable bonds is 5. The highest BCUT2D eigenvalue weighted by molar-refractivity contribution is 5.66. The van der Waals surface area contributed by atoms with Crippen molar-refractivity contribution in [2.75, 3.05) is 0 Å². The van der Waals surface area contributed by atoms with E-state index in [1.54, 1.807) is 0 Å². The molecule has 38 heavy (non-hydrogen) atoms. The van der Waals surface area contributed by atoms with E-state index in [1.165, 1.54) is 13.3 Å². The number of hydrogen-bond donors (Lipinski definition) is 4. The van der Waals surface area contributed by atoms with Crippen molar-refractivity contribution in [2.24, 2.45) is 63.6 Å². The first-order valence-corrected chi connectivity index (χ1v) is 15.5. The lowest BCUT2D eigenvalue weighted by Crippen LogP contribution is -2.73. The van der Waals surface area contributed by atoms with Crippen LogP contribution in [0.2, 0.25) is 0 Å². The van der Waals surface area contributed by atoms with Crippen molar-refractivity contribution in [3.8, 4) is 0 Å².